The largest absolute Gasteiger partial charge is 0.394 e. The number of hydrogen-bond donors (Lipinski definition) is 3. The van der Waals surface area contributed by atoms with Gasteiger partial charge in [0.1, 0.15) is 0 Å². The highest BCUT2D eigenvalue weighted by molar-refractivity contribution is 5.79. The maximum absolute atomic E-state index is 11.9. The molecule has 5 nitrogen and oxygen atoms in total. The molecule has 3 N–H and O–H groups in total. The van der Waals surface area contributed by atoms with E-state index in [-0.39, 0.29) is 18.6 Å². The van der Waals surface area contributed by atoms with E-state index in [4.69, 9.17) is 0 Å². The minimum Gasteiger partial charge on any atom is -0.394 e. The van der Waals surface area contributed by atoms with Gasteiger partial charge in [0.05, 0.1) is 24.8 Å². The predicted molar refractivity (Wildman–Crippen MR) is 70.2 cm³/mol. The normalized spacial score (nSPS) is 12.8. The zero-order valence-electron chi connectivity index (χ0n) is 11.6. The number of aromatic nitrogens is 2. The second-order valence-corrected chi connectivity index (χ2v) is 5.17. The van der Waals surface area contributed by atoms with Crippen molar-refractivity contribution in [1.29, 1.82) is 0 Å². The molecule has 5 heteroatoms. The Morgan fingerprint density at radius 3 is 2.56 bits per heavy atom. The van der Waals surface area contributed by atoms with Crippen LogP contribution in [0, 0.1) is 19.8 Å². The minimum absolute atomic E-state index is 0.0206. The number of carbonyl (C=O) groups is 1. The molecule has 1 aromatic rings. The van der Waals surface area contributed by atoms with E-state index in [1.54, 1.807) is 0 Å². The SMILES string of the molecule is Cc1n[nH]c(C)c1CC(=O)N[C@@H](CO)CC(C)C. The first-order chi connectivity index (χ1) is 8.43. The fourth-order valence-corrected chi connectivity index (χ4v) is 2.02. The van der Waals surface area contributed by atoms with Crippen LogP contribution in [0.3, 0.4) is 0 Å². The van der Waals surface area contributed by atoms with E-state index in [9.17, 15) is 9.90 Å². The molecule has 1 aromatic heterocycles. The zero-order valence-corrected chi connectivity index (χ0v) is 11.6. The van der Waals surface area contributed by atoms with Crippen molar-refractivity contribution in [3.05, 3.63) is 17.0 Å². The molecule has 0 aliphatic rings. The van der Waals surface area contributed by atoms with Crippen LogP contribution in [0.25, 0.3) is 0 Å². The average molecular weight is 253 g/mol. The summed E-state index contributed by atoms with van der Waals surface area (Å²) in [7, 11) is 0. The van der Waals surface area contributed by atoms with Crippen molar-refractivity contribution in [1.82, 2.24) is 15.5 Å². The van der Waals surface area contributed by atoms with E-state index < -0.39 is 0 Å². The summed E-state index contributed by atoms with van der Waals surface area (Å²) in [6.45, 7) is 7.90. The molecule has 0 spiro atoms. The Kier molecular flexibility index (Phi) is 5.34. The first-order valence-electron chi connectivity index (χ1n) is 6.34. The Bertz CT molecular complexity index is 379. The minimum atomic E-state index is -0.162. The number of amides is 1. The van der Waals surface area contributed by atoms with Gasteiger partial charge in [-0.05, 0) is 26.2 Å². The van der Waals surface area contributed by atoms with Gasteiger partial charge in [0.2, 0.25) is 5.91 Å². The second-order valence-electron chi connectivity index (χ2n) is 5.17. The number of aromatic amines is 1. The first-order valence-corrected chi connectivity index (χ1v) is 6.34. The number of aliphatic hydroxyl groups is 1. The van der Waals surface area contributed by atoms with Crippen LogP contribution in [-0.4, -0.2) is 33.9 Å². The highest BCUT2D eigenvalue weighted by Gasteiger charge is 2.16. The molecule has 0 aliphatic carbocycles. The monoisotopic (exact) mass is 253 g/mol. The highest BCUT2D eigenvalue weighted by atomic mass is 16.3. The predicted octanol–water partition coefficient (Wildman–Crippen LogP) is 1.09. The lowest BCUT2D eigenvalue weighted by Gasteiger charge is -2.18. The van der Waals surface area contributed by atoms with E-state index in [1.807, 2.05) is 13.8 Å². The number of nitrogens with zero attached hydrogens (tertiary/aromatic N) is 1. The summed E-state index contributed by atoms with van der Waals surface area (Å²) >= 11 is 0. The number of carbonyl (C=O) groups excluding carboxylic acids is 1. The molecule has 0 fully saturated rings. The molecular weight excluding hydrogens is 230 g/mol. The van der Waals surface area contributed by atoms with Crippen LogP contribution in [0.5, 0.6) is 0 Å². The van der Waals surface area contributed by atoms with Crippen LogP contribution >= 0.6 is 0 Å². The van der Waals surface area contributed by atoms with Crippen molar-refractivity contribution >= 4 is 5.91 Å². The van der Waals surface area contributed by atoms with Gasteiger partial charge < -0.3 is 10.4 Å². The van der Waals surface area contributed by atoms with Crippen LogP contribution in [0.1, 0.15) is 37.2 Å². The molecule has 0 unspecified atom stereocenters. The van der Waals surface area contributed by atoms with Crippen molar-refractivity contribution < 1.29 is 9.90 Å². The lowest BCUT2D eigenvalue weighted by atomic mass is 10.0. The van der Waals surface area contributed by atoms with Gasteiger partial charge in [-0.25, -0.2) is 0 Å². The second kappa shape index (κ2) is 6.54. The van der Waals surface area contributed by atoms with Crippen molar-refractivity contribution in [3.8, 4) is 0 Å². The lowest BCUT2D eigenvalue weighted by molar-refractivity contribution is -0.121. The first kappa shape index (κ1) is 14.7. The summed E-state index contributed by atoms with van der Waals surface area (Å²) in [6, 6.07) is -0.162. The van der Waals surface area contributed by atoms with Gasteiger partial charge in [-0.15, -0.1) is 0 Å². The molecular formula is C13H23N3O2. The number of hydrogen-bond acceptors (Lipinski definition) is 3. The Balaban J connectivity index is 2.55. The molecule has 0 saturated heterocycles. The molecule has 0 bridgehead atoms. The van der Waals surface area contributed by atoms with Gasteiger partial charge in [-0.1, -0.05) is 13.8 Å². The molecule has 1 rings (SSSR count). The summed E-state index contributed by atoms with van der Waals surface area (Å²) in [5.74, 6) is 0.377. The summed E-state index contributed by atoms with van der Waals surface area (Å²) < 4.78 is 0. The van der Waals surface area contributed by atoms with Crippen molar-refractivity contribution in [2.24, 2.45) is 5.92 Å². The summed E-state index contributed by atoms with van der Waals surface area (Å²) in [6.07, 6.45) is 1.09. The number of nitrogens with one attached hydrogen (secondary N) is 2. The van der Waals surface area contributed by atoms with E-state index in [2.05, 4.69) is 29.4 Å². The smallest absolute Gasteiger partial charge is 0.224 e. The third-order valence-corrected chi connectivity index (χ3v) is 2.96. The summed E-state index contributed by atoms with van der Waals surface area (Å²) in [5.41, 5.74) is 2.72. The van der Waals surface area contributed by atoms with Crippen molar-refractivity contribution in [2.75, 3.05) is 6.61 Å². The molecule has 1 amide bonds. The Labute approximate surface area is 108 Å². The van der Waals surface area contributed by atoms with Crippen molar-refractivity contribution in [3.63, 3.8) is 0 Å². The highest BCUT2D eigenvalue weighted by Crippen LogP contribution is 2.10. The van der Waals surface area contributed by atoms with E-state index in [0.29, 0.717) is 12.3 Å². The molecule has 1 heterocycles. The molecule has 1 atom stereocenters. The van der Waals surface area contributed by atoms with Crippen LogP contribution in [0.4, 0.5) is 0 Å². The maximum Gasteiger partial charge on any atom is 0.224 e. The maximum atomic E-state index is 11.9. The van der Waals surface area contributed by atoms with Crippen LogP contribution in [0.2, 0.25) is 0 Å². The number of H-pyrrole nitrogens is 1. The molecule has 102 valence electrons. The third kappa shape index (κ3) is 4.14. The van der Waals surface area contributed by atoms with Gasteiger partial charge in [-0.2, -0.15) is 5.10 Å². The summed E-state index contributed by atoms with van der Waals surface area (Å²) in [4.78, 5) is 11.9. The lowest BCUT2D eigenvalue weighted by Crippen LogP contribution is -2.39. The van der Waals surface area contributed by atoms with Crippen LogP contribution in [0.15, 0.2) is 0 Å². The number of aliphatic hydroxyl groups excluding tert-OH is 1. The fourth-order valence-electron chi connectivity index (χ4n) is 2.02. The van der Waals surface area contributed by atoms with Gasteiger partial charge in [-0.3, -0.25) is 9.89 Å². The number of rotatable bonds is 6. The van der Waals surface area contributed by atoms with Crippen LogP contribution in [-0.2, 0) is 11.2 Å². The van der Waals surface area contributed by atoms with Crippen molar-refractivity contribution in [2.45, 2.75) is 46.6 Å². The zero-order chi connectivity index (χ0) is 13.7. The average Bonchev–Trinajstić information content (AvgIpc) is 2.59. The molecule has 18 heavy (non-hydrogen) atoms. The van der Waals surface area contributed by atoms with Gasteiger partial charge in [0.15, 0.2) is 0 Å². The molecule has 0 aliphatic heterocycles. The summed E-state index contributed by atoms with van der Waals surface area (Å²) in [5, 5.41) is 19.0. The molecule has 0 saturated carbocycles. The topological polar surface area (TPSA) is 78.0 Å². The Morgan fingerprint density at radius 2 is 2.11 bits per heavy atom. The van der Waals surface area contributed by atoms with E-state index in [1.165, 1.54) is 0 Å². The quantitative estimate of drug-likeness (QED) is 0.710. The van der Waals surface area contributed by atoms with Gasteiger partial charge in [0.25, 0.3) is 0 Å². The molecule has 0 radical (unpaired) electrons. The number of aryl methyl sites for hydroxylation is 2. The standard InChI is InChI=1S/C13H23N3O2/c1-8(2)5-11(7-17)14-13(18)6-12-9(3)15-16-10(12)4/h8,11,17H,5-7H2,1-4H3,(H,14,18)(H,15,16)/t11-/m1/s1. The van der Waals surface area contributed by atoms with E-state index in [0.717, 1.165) is 23.4 Å². The van der Waals surface area contributed by atoms with Gasteiger partial charge in [0, 0.05) is 11.3 Å². The Morgan fingerprint density at radius 1 is 1.44 bits per heavy atom. The fraction of sp³-hybridized carbons (Fsp3) is 0.692. The van der Waals surface area contributed by atoms with Gasteiger partial charge >= 0.3 is 0 Å². The molecule has 0 aromatic carbocycles. The third-order valence-electron chi connectivity index (χ3n) is 2.96. The Hall–Kier alpha value is -1.36. The van der Waals surface area contributed by atoms with Crippen LogP contribution < -0.4 is 5.32 Å². The van der Waals surface area contributed by atoms with E-state index >= 15 is 0 Å².